The van der Waals surface area contributed by atoms with Crippen molar-refractivity contribution in [1.29, 1.82) is 5.26 Å². The smallest absolute Gasteiger partial charge is 0.233 e. The van der Waals surface area contributed by atoms with Gasteiger partial charge in [-0.05, 0) is 41.8 Å². The summed E-state index contributed by atoms with van der Waals surface area (Å²) < 4.78 is 16.4. The van der Waals surface area contributed by atoms with Crippen LogP contribution in [0.4, 0.5) is 0 Å². The molecule has 0 aliphatic carbocycles. The first kappa shape index (κ1) is 19.4. The molecule has 7 heteroatoms. The second-order valence-corrected chi connectivity index (χ2v) is 7.19. The molecular weight excluding hydrogens is 400 g/mol. The van der Waals surface area contributed by atoms with Gasteiger partial charge in [0.1, 0.15) is 23.1 Å². The van der Waals surface area contributed by atoms with Crippen molar-refractivity contribution in [1.82, 2.24) is 4.98 Å². The number of carbonyl (C=O) groups excluding carboxylic acids is 1. The molecule has 3 aromatic heterocycles. The van der Waals surface area contributed by atoms with Gasteiger partial charge in [0.15, 0.2) is 12.4 Å². The number of Topliss-reactive ketones (excluding diaryl/α,β-unsaturated/α-hetero) is 1. The van der Waals surface area contributed by atoms with E-state index in [9.17, 15) is 10.1 Å². The van der Waals surface area contributed by atoms with Gasteiger partial charge in [-0.2, -0.15) is 5.26 Å². The van der Waals surface area contributed by atoms with Crippen LogP contribution in [0.3, 0.4) is 0 Å². The Bertz CT molecular complexity index is 1210. The van der Waals surface area contributed by atoms with Crippen molar-refractivity contribution in [2.75, 3.05) is 13.7 Å². The Morgan fingerprint density at radius 3 is 2.80 bits per heavy atom. The zero-order valence-corrected chi connectivity index (χ0v) is 16.8. The molecule has 6 nitrogen and oxygen atoms in total. The molecule has 0 saturated heterocycles. The number of ether oxygens (including phenoxy) is 2. The average Bonchev–Trinajstić information content (AvgIpc) is 3.51. The third-order valence-corrected chi connectivity index (χ3v) is 5.28. The molecule has 0 spiro atoms. The van der Waals surface area contributed by atoms with E-state index in [1.807, 2.05) is 17.5 Å². The fourth-order valence-corrected chi connectivity index (χ4v) is 3.61. The van der Waals surface area contributed by atoms with Gasteiger partial charge in [-0.25, -0.2) is 4.98 Å². The fraction of sp³-hybridized carbons (Fsp3) is 0.0870. The maximum atomic E-state index is 12.6. The highest BCUT2D eigenvalue weighted by Gasteiger charge is 2.19. The molecule has 0 aliphatic rings. The molecule has 4 aromatic rings. The minimum absolute atomic E-state index is 0.0889. The molecule has 0 fully saturated rings. The standard InChI is InChI=1S/C23H16N2O4S/c1-27-16-6-2-5-15(11-16)20(26)14-29-23-18(13-24)17(21-7-3-9-28-21)12-19(25-23)22-8-4-10-30-22/h2-12H,14H2,1H3. The summed E-state index contributed by atoms with van der Waals surface area (Å²) >= 11 is 1.52. The van der Waals surface area contributed by atoms with E-state index in [1.54, 1.807) is 42.5 Å². The van der Waals surface area contributed by atoms with Crippen LogP contribution in [0.1, 0.15) is 15.9 Å². The van der Waals surface area contributed by atoms with Gasteiger partial charge in [0.25, 0.3) is 0 Å². The molecule has 3 heterocycles. The molecule has 30 heavy (non-hydrogen) atoms. The van der Waals surface area contributed by atoms with Crippen LogP contribution in [0.5, 0.6) is 11.6 Å². The summed E-state index contributed by atoms with van der Waals surface area (Å²) in [6.07, 6.45) is 1.54. The predicted octanol–water partition coefficient (Wildman–Crippen LogP) is 5.21. The molecule has 0 unspecified atom stereocenters. The van der Waals surface area contributed by atoms with Gasteiger partial charge in [-0.15, -0.1) is 11.3 Å². The molecule has 0 saturated carbocycles. The van der Waals surface area contributed by atoms with E-state index in [2.05, 4.69) is 11.1 Å². The number of pyridine rings is 1. The first-order chi connectivity index (χ1) is 14.7. The number of nitriles is 1. The fourth-order valence-electron chi connectivity index (χ4n) is 2.92. The van der Waals surface area contributed by atoms with E-state index in [0.717, 1.165) is 4.88 Å². The first-order valence-corrected chi connectivity index (χ1v) is 9.90. The number of aromatic nitrogens is 1. The SMILES string of the molecule is COc1cccc(C(=O)COc2nc(-c3cccs3)cc(-c3ccco3)c2C#N)c1. The highest BCUT2D eigenvalue weighted by molar-refractivity contribution is 7.13. The van der Waals surface area contributed by atoms with Crippen molar-refractivity contribution in [3.63, 3.8) is 0 Å². The zero-order chi connectivity index (χ0) is 20.9. The van der Waals surface area contributed by atoms with Gasteiger partial charge in [-0.3, -0.25) is 4.79 Å². The Morgan fingerprint density at radius 1 is 1.20 bits per heavy atom. The van der Waals surface area contributed by atoms with Crippen LogP contribution < -0.4 is 9.47 Å². The number of methoxy groups -OCH3 is 1. The van der Waals surface area contributed by atoms with Crippen LogP contribution in [-0.4, -0.2) is 24.5 Å². The Labute approximate surface area is 176 Å². The Morgan fingerprint density at radius 2 is 2.10 bits per heavy atom. The lowest BCUT2D eigenvalue weighted by molar-refractivity contribution is 0.0917. The molecule has 4 rings (SSSR count). The first-order valence-electron chi connectivity index (χ1n) is 9.02. The largest absolute Gasteiger partial charge is 0.497 e. The van der Waals surface area contributed by atoms with E-state index in [0.29, 0.717) is 28.3 Å². The maximum Gasteiger partial charge on any atom is 0.233 e. The molecule has 0 atom stereocenters. The van der Waals surface area contributed by atoms with Gasteiger partial charge >= 0.3 is 0 Å². The number of furan rings is 1. The number of carbonyl (C=O) groups is 1. The highest BCUT2D eigenvalue weighted by atomic mass is 32.1. The number of benzene rings is 1. The highest BCUT2D eigenvalue weighted by Crippen LogP contribution is 2.35. The predicted molar refractivity (Wildman–Crippen MR) is 113 cm³/mol. The van der Waals surface area contributed by atoms with Gasteiger partial charge in [0.05, 0.1) is 23.9 Å². The van der Waals surface area contributed by atoms with E-state index >= 15 is 0 Å². The third kappa shape index (κ3) is 3.95. The Balaban J connectivity index is 1.69. The summed E-state index contributed by atoms with van der Waals surface area (Å²) in [7, 11) is 1.54. The van der Waals surface area contributed by atoms with Crippen molar-refractivity contribution in [3.8, 4) is 39.6 Å². The third-order valence-electron chi connectivity index (χ3n) is 4.39. The molecule has 1 aromatic carbocycles. The summed E-state index contributed by atoms with van der Waals surface area (Å²) in [6.45, 7) is -0.264. The van der Waals surface area contributed by atoms with E-state index in [1.165, 1.54) is 24.7 Å². The number of ketones is 1. The lowest BCUT2D eigenvalue weighted by atomic mass is 10.1. The Kier molecular flexibility index (Phi) is 5.59. The van der Waals surface area contributed by atoms with Crippen LogP contribution >= 0.6 is 11.3 Å². The van der Waals surface area contributed by atoms with E-state index < -0.39 is 0 Å². The van der Waals surface area contributed by atoms with Crippen LogP contribution in [0.15, 0.2) is 70.7 Å². The number of nitrogens with zero attached hydrogens (tertiary/aromatic N) is 2. The summed E-state index contributed by atoms with van der Waals surface area (Å²) in [5.74, 6) is 0.943. The molecule has 0 amide bonds. The molecule has 0 radical (unpaired) electrons. The monoisotopic (exact) mass is 416 g/mol. The molecule has 0 N–H and O–H groups in total. The normalized spacial score (nSPS) is 10.4. The summed E-state index contributed by atoms with van der Waals surface area (Å²) in [5.41, 5.74) is 1.86. The second kappa shape index (κ2) is 8.64. The number of hydrogen-bond acceptors (Lipinski definition) is 7. The quantitative estimate of drug-likeness (QED) is 0.384. The van der Waals surface area contributed by atoms with Crippen LogP contribution in [0.2, 0.25) is 0 Å². The average molecular weight is 416 g/mol. The number of rotatable bonds is 7. The van der Waals surface area contributed by atoms with Crippen molar-refractivity contribution < 1.29 is 18.7 Å². The molecular formula is C23H16N2O4S. The van der Waals surface area contributed by atoms with E-state index in [4.69, 9.17) is 13.9 Å². The topological polar surface area (TPSA) is 85.3 Å². The van der Waals surface area contributed by atoms with Gasteiger partial charge in [-0.1, -0.05) is 18.2 Å². The van der Waals surface area contributed by atoms with E-state index in [-0.39, 0.29) is 23.8 Å². The number of hydrogen-bond donors (Lipinski definition) is 0. The minimum Gasteiger partial charge on any atom is -0.497 e. The van der Waals surface area contributed by atoms with Gasteiger partial charge in [0.2, 0.25) is 5.88 Å². The lowest BCUT2D eigenvalue weighted by Gasteiger charge is -2.11. The molecule has 0 bridgehead atoms. The van der Waals surface area contributed by atoms with Gasteiger partial charge in [0, 0.05) is 11.1 Å². The molecule has 0 aliphatic heterocycles. The summed E-state index contributed by atoms with van der Waals surface area (Å²) in [4.78, 5) is 18.0. The van der Waals surface area contributed by atoms with Crippen molar-refractivity contribution in [3.05, 3.63) is 77.4 Å². The van der Waals surface area contributed by atoms with Crippen molar-refractivity contribution >= 4 is 17.1 Å². The summed E-state index contributed by atoms with van der Waals surface area (Å²) in [6, 6.07) is 18.1. The Hall–Kier alpha value is -3.89. The number of thiophene rings is 1. The molecule has 148 valence electrons. The lowest BCUT2D eigenvalue weighted by Crippen LogP contribution is -2.13. The van der Waals surface area contributed by atoms with Crippen LogP contribution in [-0.2, 0) is 0 Å². The van der Waals surface area contributed by atoms with Crippen LogP contribution in [0, 0.1) is 11.3 Å². The summed E-state index contributed by atoms with van der Waals surface area (Å²) in [5, 5.41) is 11.7. The minimum atomic E-state index is -0.264. The van der Waals surface area contributed by atoms with Crippen molar-refractivity contribution in [2.24, 2.45) is 0 Å². The second-order valence-electron chi connectivity index (χ2n) is 6.25. The maximum absolute atomic E-state index is 12.6. The van der Waals surface area contributed by atoms with Gasteiger partial charge < -0.3 is 13.9 Å². The van der Waals surface area contributed by atoms with Crippen LogP contribution in [0.25, 0.3) is 21.9 Å². The zero-order valence-electron chi connectivity index (χ0n) is 16.0. The van der Waals surface area contributed by atoms with Crippen molar-refractivity contribution in [2.45, 2.75) is 0 Å².